The van der Waals surface area contributed by atoms with Gasteiger partial charge in [-0.2, -0.15) is 0 Å². The van der Waals surface area contributed by atoms with Crippen LogP contribution in [0.3, 0.4) is 0 Å². The Balaban J connectivity index is 2.12. The molecular formula is C19H21NO4. The number of nitrogens with one attached hydrogen (secondary N) is 1. The van der Waals surface area contributed by atoms with Gasteiger partial charge in [-0.1, -0.05) is 12.1 Å². The van der Waals surface area contributed by atoms with Gasteiger partial charge in [0, 0.05) is 6.08 Å². The summed E-state index contributed by atoms with van der Waals surface area (Å²) < 4.78 is 15.7. The van der Waals surface area contributed by atoms with Gasteiger partial charge in [-0.3, -0.25) is 4.79 Å². The van der Waals surface area contributed by atoms with Crippen LogP contribution in [-0.4, -0.2) is 27.2 Å². The maximum atomic E-state index is 12.1. The number of carbonyl (C=O) groups excluding carboxylic acids is 1. The number of hydrogen-bond acceptors (Lipinski definition) is 4. The number of methoxy groups -OCH3 is 3. The highest BCUT2D eigenvalue weighted by Crippen LogP contribution is 2.28. The molecular weight excluding hydrogens is 306 g/mol. The van der Waals surface area contributed by atoms with Crippen LogP contribution >= 0.6 is 0 Å². The summed E-state index contributed by atoms with van der Waals surface area (Å²) in [6.45, 7) is 1.95. The van der Waals surface area contributed by atoms with Crippen molar-refractivity contribution < 1.29 is 19.0 Å². The third-order valence-electron chi connectivity index (χ3n) is 3.45. The van der Waals surface area contributed by atoms with Crippen molar-refractivity contribution in [2.45, 2.75) is 6.92 Å². The topological polar surface area (TPSA) is 56.8 Å². The predicted molar refractivity (Wildman–Crippen MR) is 94.9 cm³/mol. The Morgan fingerprint density at radius 1 is 0.917 bits per heavy atom. The molecule has 0 aliphatic heterocycles. The Morgan fingerprint density at radius 2 is 1.58 bits per heavy atom. The van der Waals surface area contributed by atoms with E-state index in [1.807, 2.05) is 31.2 Å². The van der Waals surface area contributed by atoms with Crippen LogP contribution in [0.5, 0.6) is 17.2 Å². The zero-order chi connectivity index (χ0) is 17.5. The number of amides is 1. The second-order valence-electron chi connectivity index (χ2n) is 5.14. The van der Waals surface area contributed by atoms with Gasteiger partial charge >= 0.3 is 0 Å². The highest BCUT2D eigenvalue weighted by molar-refractivity contribution is 6.02. The third kappa shape index (κ3) is 4.29. The maximum absolute atomic E-state index is 12.1. The molecule has 0 unspecified atom stereocenters. The van der Waals surface area contributed by atoms with E-state index < -0.39 is 0 Å². The SMILES string of the molecule is COc1ccc(C)cc1NC(=O)/C=C/c1ccc(OC)c(OC)c1. The molecule has 0 spiro atoms. The number of hydrogen-bond donors (Lipinski definition) is 1. The molecule has 0 aromatic heterocycles. The van der Waals surface area contributed by atoms with Gasteiger partial charge in [0.1, 0.15) is 5.75 Å². The predicted octanol–water partition coefficient (Wildman–Crippen LogP) is 3.67. The van der Waals surface area contributed by atoms with E-state index in [2.05, 4.69) is 5.32 Å². The molecule has 5 heteroatoms. The number of ether oxygens (including phenoxy) is 3. The van der Waals surface area contributed by atoms with Crippen molar-refractivity contribution in [1.29, 1.82) is 0 Å². The molecule has 126 valence electrons. The first-order chi connectivity index (χ1) is 11.6. The van der Waals surface area contributed by atoms with Gasteiger partial charge in [0.25, 0.3) is 0 Å². The third-order valence-corrected chi connectivity index (χ3v) is 3.45. The number of rotatable bonds is 6. The lowest BCUT2D eigenvalue weighted by Gasteiger charge is -2.09. The quantitative estimate of drug-likeness (QED) is 0.823. The summed E-state index contributed by atoms with van der Waals surface area (Å²) in [5, 5.41) is 2.82. The standard InChI is InChI=1S/C19H21NO4/c1-13-5-8-16(22-2)15(11-13)20-19(21)10-7-14-6-9-17(23-3)18(12-14)24-4/h5-12H,1-4H3,(H,20,21)/b10-7+. The zero-order valence-corrected chi connectivity index (χ0v) is 14.3. The van der Waals surface area contributed by atoms with Crippen LogP contribution in [0, 0.1) is 6.92 Å². The minimum Gasteiger partial charge on any atom is -0.495 e. The fourth-order valence-electron chi connectivity index (χ4n) is 2.22. The molecule has 0 atom stereocenters. The molecule has 5 nitrogen and oxygen atoms in total. The van der Waals surface area contributed by atoms with Crippen molar-refractivity contribution in [3.8, 4) is 17.2 Å². The van der Waals surface area contributed by atoms with Gasteiger partial charge in [-0.15, -0.1) is 0 Å². The van der Waals surface area contributed by atoms with E-state index in [0.717, 1.165) is 11.1 Å². The largest absolute Gasteiger partial charge is 0.495 e. The average molecular weight is 327 g/mol. The van der Waals surface area contributed by atoms with E-state index in [1.54, 1.807) is 39.5 Å². The number of anilines is 1. The van der Waals surface area contributed by atoms with Gasteiger partial charge in [0.2, 0.25) is 5.91 Å². The van der Waals surface area contributed by atoms with Crippen LogP contribution in [-0.2, 0) is 4.79 Å². The zero-order valence-electron chi connectivity index (χ0n) is 14.3. The highest BCUT2D eigenvalue weighted by Gasteiger charge is 2.06. The van der Waals surface area contributed by atoms with E-state index in [0.29, 0.717) is 22.9 Å². The fraction of sp³-hybridized carbons (Fsp3) is 0.211. The van der Waals surface area contributed by atoms with E-state index >= 15 is 0 Å². The lowest BCUT2D eigenvalue weighted by atomic mass is 10.2. The van der Waals surface area contributed by atoms with Crippen molar-refractivity contribution in [1.82, 2.24) is 0 Å². The molecule has 0 aliphatic rings. The van der Waals surface area contributed by atoms with Crippen molar-refractivity contribution in [3.63, 3.8) is 0 Å². The van der Waals surface area contributed by atoms with E-state index in [1.165, 1.54) is 6.08 Å². The van der Waals surface area contributed by atoms with Crippen molar-refractivity contribution >= 4 is 17.7 Å². The average Bonchev–Trinajstić information content (AvgIpc) is 2.59. The van der Waals surface area contributed by atoms with Gasteiger partial charge in [-0.05, 0) is 48.4 Å². The molecule has 0 bridgehead atoms. The lowest BCUT2D eigenvalue weighted by molar-refractivity contribution is -0.111. The molecule has 0 fully saturated rings. The van der Waals surface area contributed by atoms with Gasteiger partial charge in [0.15, 0.2) is 11.5 Å². The first kappa shape index (κ1) is 17.4. The molecule has 1 N–H and O–H groups in total. The molecule has 1 amide bonds. The molecule has 2 rings (SSSR count). The molecule has 24 heavy (non-hydrogen) atoms. The Bertz CT molecular complexity index is 753. The van der Waals surface area contributed by atoms with Crippen LogP contribution < -0.4 is 19.5 Å². The summed E-state index contributed by atoms with van der Waals surface area (Å²) in [6, 6.07) is 11.0. The summed E-state index contributed by atoms with van der Waals surface area (Å²) in [5.74, 6) is 1.63. The molecule has 2 aromatic carbocycles. The molecule has 0 saturated heterocycles. The summed E-state index contributed by atoms with van der Waals surface area (Å²) in [4.78, 5) is 12.1. The maximum Gasteiger partial charge on any atom is 0.248 e. The molecule has 2 aromatic rings. The number of carbonyl (C=O) groups is 1. The second-order valence-corrected chi connectivity index (χ2v) is 5.14. The molecule has 0 radical (unpaired) electrons. The van der Waals surface area contributed by atoms with E-state index in [-0.39, 0.29) is 5.91 Å². The molecule has 0 aliphatic carbocycles. The minimum absolute atomic E-state index is 0.242. The Morgan fingerprint density at radius 3 is 2.25 bits per heavy atom. The van der Waals surface area contributed by atoms with Crippen molar-refractivity contribution in [3.05, 3.63) is 53.6 Å². The Labute approximate surface area is 141 Å². The summed E-state index contributed by atoms with van der Waals surface area (Å²) in [5.41, 5.74) is 2.51. The lowest BCUT2D eigenvalue weighted by Crippen LogP contribution is -2.09. The van der Waals surface area contributed by atoms with Gasteiger partial charge in [-0.25, -0.2) is 0 Å². The summed E-state index contributed by atoms with van der Waals surface area (Å²) in [6.07, 6.45) is 3.17. The van der Waals surface area contributed by atoms with Crippen LogP contribution in [0.2, 0.25) is 0 Å². The van der Waals surface area contributed by atoms with Crippen LogP contribution in [0.1, 0.15) is 11.1 Å². The van der Waals surface area contributed by atoms with Crippen LogP contribution in [0.15, 0.2) is 42.5 Å². The first-order valence-electron chi connectivity index (χ1n) is 7.43. The molecule has 0 saturated carbocycles. The van der Waals surface area contributed by atoms with Crippen LogP contribution in [0.4, 0.5) is 5.69 Å². The van der Waals surface area contributed by atoms with E-state index in [9.17, 15) is 4.79 Å². The van der Waals surface area contributed by atoms with Gasteiger partial charge in [0.05, 0.1) is 27.0 Å². The summed E-state index contributed by atoms with van der Waals surface area (Å²) >= 11 is 0. The number of aryl methyl sites for hydroxylation is 1. The van der Waals surface area contributed by atoms with Crippen molar-refractivity contribution in [2.75, 3.05) is 26.6 Å². The second kappa shape index (κ2) is 8.06. The normalized spacial score (nSPS) is 10.5. The minimum atomic E-state index is -0.242. The number of benzene rings is 2. The fourth-order valence-corrected chi connectivity index (χ4v) is 2.22. The van der Waals surface area contributed by atoms with Gasteiger partial charge < -0.3 is 19.5 Å². The summed E-state index contributed by atoms with van der Waals surface area (Å²) in [7, 11) is 4.72. The Kier molecular flexibility index (Phi) is 5.84. The monoisotopic (exact) mass is 327 g/mol. The first-order valence-corrected chi connectivity index (χ1v) is 7.43. The van der Waals surface area contributed by atoms with Crippen LogP contribution in [0.25, 0.3) is 6.08 Å². The smallest absolute Gasteiger partial charge is 0.248 e. The highest BCUT2D eigenvalue weighted by atomic mass is 16.5. The Hall–Kier alpha value is -2.95. The van der Waals surface area contributed by atoms with E-state index in [4.69, 9.17) is 14.2 Å². The molecule has 0 heterocycles. The van der Waals surface area contributed by atoms with Crippen molar-refractivity contribution in [2.24, 2.45) is 0 Å².